The van der Waals surface area contributed by atoms with Crippen molar-refractivity contribution >= 4 is 39.1 Å². The van der Waals surface area contributed by atoms with E-state index in [1.54, 1.807) is 45.0 Å². The van der Waals surface area contributed by atoms with Gasteiger partial charge in [0.15, 0.2) is 0 Å². The summed E-state index contributed by atoms with van der Waals surface area (Å²) in [6.07, 6.45) is -3.86. The van der Waals surface area contributed by atoms with Gasteiger partial charge in [-0.2, -0.15) is 13.2 Å². The van der Waals surface area contributed by atoms with E-state index in [-0.39, 0.29) is 24.7 Å². The monoisotopic (exact) mass is 577 g/mol. The molecule has 13 heteroatoms. The lowest BCUT2D eigenvalue weighted by Gasteiger charge is -2.33. The number of carbonyl (C=O) groups excluding carboxylic acids is 2. The Morgan fingerprint density at radius 2 is 1.71 bits per heavy atom. The number of halogens is 4. The van der Waals surface area contributed by atoms with Crippen molar-refractivity contribution in [1.82, 2.24) is 10.2 Å². The summed E-state index contributed by atoms with van der Waals surface area (Å²) >= 11 is 5.69. The lowest BCUT2D eigenvalue weighted by Crippen LogP contribution is -2.53. The largest absolute Gasteiger partial charge is 0.497 e. The van der Waals surface area contributed by atoms with Crippen LogP contribution in [0, 0.1) is 0 Å². The molecule has 0 saturated heterocycles. The van der Waals surface area contributed by atoms with E-state index in [0.29, 0.717) is 21.7 Å². The van der Waals surface area contributed by atoms with Crippen molar-refractivity contribution in [1.29, 1.82) is 0 Å². The molecule has 0 fully saturated rings. The first-order valence-corrected chi connectivity index (χ1v) is 13.9. The van der Waals surface area contributed by atoms with Crippen LogP contribution in [-0.4, -0.2) is 57.1 Å². The highest BCUT2D eigenvalue weighted by atomic mass is 35.5. The predicted octanol–water partition coefficient (Wildman–Crippen LogP) is 4.47. The topological polar surface area (TPSA) is 96.0 Å². The average Bonchev–Trinajstić information content (AvgIpc) is 2.81. The number of ether oxygens (including phenoxy) is 1. The third kappa shape index (κ3) is 8.26. The second-order valence-electron chi connectivity index (χ2n) is 8.89. The van der Waals surface area contributed by atoms with E-state index in [2.05, 4.69) is 5.32 Å². The van der Waals surface area contributed by atoms with Crippen molar-refractivity contribution in [3.63, 3.8) is 0 Å². The van der Waals surface area contributed by atoms with E-state index in [1.807, 2.05) is 0 Å². The molecule has 0 aliphatic carbocycles. The molecule has 0 heterocycles. The number of amides is 2. The summed E-state index contributed by atoms with van der Waals surface area (Å²) in [6, 6.07) is 8.11. The zero-order valence-corrected chi connectivity index (χ0v) is 23.2. The minimum absolute atomic E-state index is 0.0567. The number of nitrogens with one attached hydrogen (secondary N) is 1. The van der Waals surface area contributed by atoms with E-state index in [1.165, 1.54) is 12.0 Å². The lowest BCUT2D eigenvalue weighted by atomic mass is 10.1. The third-order valence-electron chi connectivity index (χ3n) is 5.55. The molecule has 0 saturated carbocycles. The number of anilines is 1. The fourth-order valence-electron chi connectivity index (χ4n) is 3.73. The number of hydrogen-bond donors (Lipinski definition) is 1. The molecule has 0 aromatic heterocycles. The number of hydrogen-bond acceptors (Lipinski definition) is 5. The Bertz CT molecular complexity index is 1240. The summed E-state index contributed by atoms with van der Waals surface area (Å²) in [5, 5.41) is 2.14. The minimum Gasteiger partial charge on any atom is -0.497 e. The summed E-state index contributed by atoms with van der Waals surface area (Å²) in [5.74, 6) is -0.649. The molecule has 8 nitrogen and oxygen atoms in total. The van der Waals surface area contributed by atoms with Crippen LogP contribution in [0.3, 0.4) is 0 Å². The molecule has 2 amide bonds. The molecule has 2 aromatic carbocycles. The summed E-state index contributed by atoms with van der Waals surface area (Å²) in [5.41, 5.74) is -0.996. The zero-order chi connectivity index (χ0) is 28.8. The normalized spacial score (nSPS) is 12.7. The van der Waals surface area contributed by atoms with E-state index in [4.69, 9.17) is 16.3 Å². The summed E-state index contributed by atoms with van der Waals surface area (Å²) < 4.78 is 71.3. The van der Waals surface area contributed by atoms with E-state index >= 15 is 0 Å². The molecule has 0 radical (unpaired) electrons. The Kier molecular flexibility index (Phi) is 10.4. The molecule has 2 rings (SSSR count). The number of alkyl halides is 3. The SMILES string of the molecule is CC[C@@H](C(=O)NC(C)C)N(Cc1ccc(OC)cc1)C(=O)CN(c1ccc(Cl)c(C(F)(F)F)c1)S(C)(=O)=O. The highest BCUT2D eigenvalue weighted by molar-refractivity contribution is 7.92. The van der Waals surface area contributed by atoms with E-state index in [9.17, 15) is 31.2 Å². The first-order chi connectivity index (χ1) is 17.6. The third-order valence-corrected chi connectivity index (χ3v) is 7.02. The van der Waals surface area contributed by atoms with E-state index in [0.717, 1.165) is 18.4 Å². The molecular formula is C25H31ClF3N3O5S. The van der Waals surface area contributed by atoms with Gasteiger partial charge < -0.3 is 15.0 Å². The first kappa shape index (κ1) is 31.2. The highest BCUT2D eigenvalue weighted by Crippen LogP contribution is 2.37. The van der Waals surface area contributed by atoms with Crippen LogP contribution < -0.4 is 14.4 Å². The number of carbonyl (C=O) groups is 2. The van der Waals surface area contributed by atoms with Gasteiger partial charge in [-0.15, -0.1) is 0 Å². The Hall–Kier alpha value is -2.99. The van der Waals surface area contributed by atoms with Crippen LogP contribution in [0.4, 0.5) is 18.9 Å². The molecular weight excluding hydrogens is 547 g/mol. The van der Waals surface area contributed by atoms with Gasteiger partial charge in [-0.05, 0) is 56.2 Å². The number of sulfonamides is 1. The van der Waals surface area contributed by atoms with Crippen molar-refractivity contribution in [2.45, 2.75) is 52.0 Å². The summed E-state index contributed by atoms with van der Waals surface area (Å²) in [7, 11) is -2.72. The van der Waals surface area contributed by atoms with Gasteiger partial charge in [0.2, 0.25) is 21.8 Å². The van der Waals surface area contributed by atoms with Gasteiger partial charge in [-0.25, -0.2) is 8.42 Å². The Balaban J connectivity index is 2.52. The zero-order valence-electron chi connectivity index (χ0n) is 21.7. The van der Waals surface area contributed by atoms with Crippen LogP contribution >= 0.6 is 11.6 Å². The second kappa shape index (κ2) is 12.7. The maximum absolute atomic E-state index is 13.6. The summed E-state index contributed by atoms with van der Waals surface area (Å²) in [6.45, 7) is 4.31. The lowest BCUT2D eigenvalue weighted by molar-refractivity contribution is -0.140. The Morgan fingerprint density at radius 3 is 2.18 bits per heavy atom. The van der Waals surface area contributed by atoms with Crippen molar-refractivity contribution in [2.75, 3.05) is 24.2 Å². The average molecular weight is 578 g/mol. The highest BCUT2D eigenvalue weighted by Gasteiger charge is 2.36. The first-order valence-electron chi connectivity index (χ1n) is 11.7. The quantitative estimate of drug-likeness (QED) is 0.425. The Labute approximate surface area is 225 Å². The van der Waals surface area contributed by atoms with Crippen molar-refractivity contribution < 1.29 is 35.9 Å². The molecule has 2 aromatic rings. The fourth-order valence-corrected chi connectivity index (χ4v) is 4.79. The van der Waals surface area contributed by atoms with Gasteiger partial charge in [0.05, 0.1) is 29.6 Å². The van der Waals surface area contributed by atoms with Gasteiger partial charge in [0, 0.05) is 12.6 Å². The molecule has 1 N–H and O–H groups in total. The summed E-state index contributed by atoms with van der Waals surface area (Å²) in [4.78, 5) is 27.8. The van der Waals surface area contributed by atoms with Gasteiger partial charge in [0.25, 0.3) is 0 Å². The van der Waals surface area contributed by atoms with Crippen LogP contribution in [0.1, 0.15) is 38.3 Å². The molecule has 0 aliphatic heterocycles. The van der Waals surface area contributed by atoms with Crippen molar-refractivity contribution in [3.8, 4) is 5.75 Å². The van der Waals surface area contributed by atoms with Crippen LogP contribution in [0.5, 0.6) is 5.75 Å². The van der Waals surface area contributed by atoms with Crippen LogP contribution in [0.25, 0.3) is 0 Å². The minimum atomic E-state index is -4.84. The molecule has 0 aliphatic rings. The number of methoxy groups -OCH3 is 1. The van der Waals surface area contributed by atoms with E-state index < -0.39 is 51.2 Å². The standard InChI is InChI=1S/C25H31ClF3N3O5S/c1-6-22(24(34)30-16(2)3)31(14-17-7-10-19(37-4)11-8-17)23(33)15-32(38(5,35)36)18-9-12-21(26)20(13-18)25(27,28)29/h7-13,16,22H,6,14-15H2,1-5H3,(H,30,34)/t22-/m0/s1. The van der Waals surface area contributed by atoms with Crippen LogP contribution in [0.15, 0.2) is 42.5 Å². The van der Waals surface area contributed by atoms with Crippen LogP contribution in [-0.2, 0) is 32.3 Å². The number of rotatable bonds is 11. The van der Waals surface area contributed by atoms with Gasteiger partial charge in [0.1, 0.15) is 18.3 Å². The Morgan fingerprint density at radius 1 is 1.11 bits per heavy atom. The molecule has 210 valence electrons. The van der Waals surface area contributed by atoms with Crippen LogP contribution in [0.2, 0.25) is 5.02 Å². The van der Waals surface area contributed by atoms with Gasteiger partial charge in [-0.3, -0.25) is 13.9 Å². The fraction of sp³-hybridized carbons (Fsp3) is 0.440. The van der Waals surface area contributed by atoms with Crippen molar-refractivity contribution in [2.24, 2.45) is 0 Å². The smallest absolute Gasteiger partial charge is 0.417 e. The molecule has 1 atom stereocenters. The number of benzene rings is 2. The maximum Gasteiger partial charge on any atom is 0.417 e. The maximum atomic E-state index is 13.6. The predicted molar refractivity (Wildman–Crippen MR) is 140 cm³/mol. The molecule has 38 heavy (non-hydrogen) atoms. The van der Waals surface area contributed by atoms with Crippen molar-refractivity contribution in [3.05, 3.63) is 58.6 Å². The molecule has 0 bridgehead atoms. The number of nitrogens with zero attached hydrogens (tertiary/aromatic N) is 2. The molecule has 0 spiro atoms. The second-order valence-corrected chi connectivity index (χ2v) is 11.2. The molecule has 0 unspecified atom stereocenters. The van der Waals surface area contributed by atoms with Gasteiger partial charge in [-0.1, -0.05) is 30.7 Å². The van der Waals surface area contributed by atoms with Gasteiger partial charge >= 0.3 is 6.18 Å².